The molecule has 0 bridgehead atoms. The number of hydrogen-bond donors (Lipinski definition) is 1. The Morgan fingerprint density at radius 1 is 1.21 bits per heavy atom. The van der Waals surface area contributed by atoms with Crippen LogP contribution in [0.15, 0.2) is 64.1 Å². The van der Waals surface area contributed by atoms with Gasteiger partial charge in [-0.3, -0.25) is 14.9 Å². The Balaban J connectivity index is 1.75. The zero-order valence-corrected chi connectivity index (χ0v) is 15.2. The Bertz CT molecular complexity index is 1060. The van der Waals surface area contributed by atoms with Gasteiger partial charge in [0.1, 0.15) is 17.3 Å². The fraction of sp³-hybridized carbons (Fsp3) is 0.100. The largest absolute Gasteiger partial charge is 0.496 e. The molecular formula is C20H17N3O5. The molecule has 0 unspecified atom stereocenters. The normalized spacial score (nSPS) is 10.8. The van der Waals surface area contributed by atoms with Crippen LogP contribution in [-0.2, 0) is 0 Å². The number of nitrogens with one attached hydrogen (secondary N) is 1. The predicted molar refractivity (Wildman–Crippen MR) is 104 cm³/mol. The molecule has 1 N–H and O–H groups in total. The van der Waals surface area contributed by atoms with Crippen molar-refractivity contribution in [1.29, 1.82) is 0 Å². The molecule has 0 aliphatic carbocycles. The van der Waals surface area contributed by atoms with E-state index in [2.05, 4.69) is 10.5 Å². The minimum atomic E-state index is -0.452. The second-order valence-corrected chi connectivity index (χ2v) is 5.88. The second kappa shape index (κ2) is 8.17. The topological polar surface area (TPSA) is 107 Å². The lowest BCUT2D eigenvalue weighted by Crippen LogP contribution is -2.18. The number of hydrazone groups is 1. The van der Waals surface area contributed by atoms with Crippen LogP contribution < -0.4 is 10.2 Å². The summed E-state index contributed by atoms with van der Waals surface area (Å²) >= 11 is 0. The van der Waals surface area contributed by atoms with Gasteiger partial charge in [-0.05, 0) is 42.8 Å². The van der Waals surface area contributed by atoms with Crippen molar-refractivity contribution >= 4 is 17.8 Å². The summed E-state index contributed by atoms with van der Waals surface area (Å²) in [4.78, 5) is 23.0. The number of amides is 1. The molecule has 28 heavy (non-hydrogen) atoms. The highest BCUT2D eigenvalue weighted by Crippen LogP contribution is 2.31. The minimum absolute atomic E-state index is 0.0395. The standard InChI is InChI=1S/C20H17N3O5/c1-13-7-9-15(17(11-13)23(25)26)19-10-8-14(28-19)12-21-22-20(24)16-5-3-4-6-18(16)27-2/h3-12H,1-2H3,(H,22,24)/b21-12-. The number of carbonyl (C=O) groups excluding carboxylic acids is 1. The molecule has 8 heteroatoms. The average molecular weight is 379 g/mol. The molecule has 0 atom stereocenters. The van der Waals surface area contributed by atoms with Crippen LogP contribution in [0.1, 0.15) is 21.7 Å². The monoisotopic (exact) mass is 379 g/mol. The smallest absolute Gasteiger partial charge is 0.280 e. The van der Waals surface area contributed by atoms with Crippen LogP contribution >= 0.6 is 0 Å². The first-order valence-electron chi connectivity index (χ1n) is 8.31. The van der Waals surface area contributed by atoms with Gasteiger partial charge in [-0.25, -0.2) is 5.43 Å². The average Bonchev–Trinajstić information content (AvgIpc) is 3.16. The van der Waals surface area contributed by atoms with E-state index in [9.17, 15) is 14.9 Å². The molecule has 0 spiro atoms. The summed E-state index contributed by atoms with van der Waals surface area (Å²) in [6.07, 6.45) is 1.32. The summed E-state index contributed by atoms with van der Waals surface area (Å²) in [5, 5.41) is 15.1. The molecule has 0 fully saturated rings. The summed E-state index contributed by atoms with van der Waals surface area (Å²) in [7, 11) is 1.48. The first-order chi connectivity index (χ1) is 13.5. The van der Waals surface area contributed by atoms with Crippen molar-refractivity contribution in [1.82, 2.24) is 5.43 Å². The molecule has 3 aromatic rings. The zero-order chi connectivity index (χ0) is 20.1. The van der Waals surface area contributed by atoms with Gasteiger partial charge in [-0.1, -0.05) is 18.2 Å². The fourth-order valence-corrected chi connectivity index (χ4v) is 2.62. The van der Waals surface area contributed by atoms with E-state index in [1.807, 2.05) is 0 Å². The molecule has 0 radical (unpaired) electrons. The molecule has 1 heterocycles. The van der Waals surface area contributed by atoms with E-state index >= 15 is 0 Å². The Kier molecular flexibility index (Phi) is 5.50. The Hall–Kier alpha value is -3.94. The van der Waals surface area contributed by atoms with E-state index in [4.69, 9.17) is 9.15 Å². The van der Waals surface area contributed by atoms with Gasteiger partial charge >= 0.3 is 0 Å². The van der Waals surface area contributed by atoms with Crippen molar-refractivity contribution in [2.45, 2.75) is 6.92 Å². The van der Waals surface area contributed by atoms with Gasteiger partial charge in [0.2, 0.25) is 0 Å². The van der Waals surface area contributed by atoms with Gasteiger partial charge in [-0.15, -0.1) is 0 Å². The van der Waals surface area contributed by atoms with Gasteiger partial charge in [0.15, 0.2) is 0 Å². The highest BCUT2D eigenvalue weighted by Gasteiger charge is 2.18. The summed E-state index contributed by atoms with van der Waals surface area (Å²) in [6, 6.07) is 14.9. The van der Waals surface area contributed by atoms with Gasteiger partial charge in [-0.2, -0.15) is 5.10 Å². The van der Waals surface area contributed by atoms with Crippen molar-refractivity contribution in [3.8, 4) is 17.1 Å². The first-order valence-corrected chi connectivity index (χ1v) is 8.31. The molecule has 0 saturated carbocycles. The number of ether oxygens (including phenoxy) is 1. The lowest BCUT2D eigenvalue weighted by atomic mass is 10.1. The number of rotatable bonds is 6. The fourth-order valence-electron chi connectivity index (χ4n) is 2.62. The van der Waals surface area contributed by atoms with Crippen molar-refractivity contribution in [3.05, 3.63) is 81.6 Å². The number of nitro benzene ring substituents is 1. The third-order valence-electron chi connectivity index (χ3n) is 3.95. The van der Waals surface area contributed by atoms with E-state index in [0.29, 0.717) is 28.4 Å². The number of hydrogen-bond acceptors (Lipinski definition) is 6. The third-order valence-corrected chi connectivity index (χ3v) is 3.95. The van der Waals surface area contributed by atoms with Crippen molar-refractivity contribution < 1.29 is 18.9 Å². The minimum Gasteiger partial charge on any atom is -0.496 e. The molecule has 0 saturated heterocycles. The molecule has 1 amide bonds. The van der Waals surface area contributed by atoms with E-state index in [1.165, 1.54) is 19.4 Å². The number of nitro groups is 1. The maximum atomic E-state index is 12.2. The van der Waals surface area contributed by atoms with Gasteiger partial charge in [0.05, 0.1) is 29.4 Å². The molecule has 3 rings (SSSR count). The zero-order valence-electron chi connectivity index (χ0n) is 15.2. The van der Waals surface area contributed by atoms with Crippen LogP contribution in [0, 0.1) is 17.0 Å². The van der Waals surface area contributed by atoms with E-state index in [0.717, 1.165) is 5.56 Å². The molecule has 0 aliphatic heterocycles. The van der Waals surface area contributed by atoms with Crippen molar-refractivity contribution in [3.63, 3.8) is 0 Å². The maximum Gasteiger partial charge on any atom is 0.280 e. The Labute approximate surface area is 160 Å². The molecular weight excluding hydrogens is 362 g/mol. The van der Waals surface area contributed by atoms with Gasteiger partial charge < -0.3 is 9.15 Å². The molecule has 1 aromatic heterocycles. The molecule has 2 aromatic carbocycles. The summed E-state index contributed by atoms with van der Waals surface area (Å²) in [5.41, 5.74) is 3.85. The van der Waals surface area contributed by atoms with Crippen LogP contribution in [0.25, 0.3) is 11.3 Å². The van der Waals surface area contributed by atoms with Crippen LogP contribution in [0.3, 0.4) is 0 Å². The number of benzene rings is 2. The highest BCUT2D eigenvalue weighted by molar-refractivity contribution is 5.97. The highest BCUT2D eigenvalue weighted by atomic mass is 16.6. The molecule has 0 aliphatic rings. The summed E-state index contributed by atoms with van der Waals surface area (Å²) < 4.78 is 10.7. The second-order valence-electron chi connectivity index (χ2n) is 5.88. The summed E-state index contributed by atoms with van der Waals surface area (Å²) in [5.74, 6) is 0.672. The SMILES string of the molecule is COc1ccccc1C(=O)N/N=C\c1ccc(-c2ccc(C)cc2[N+](=O)[O-])o1. The van der Waals surface area contributed by atoms with Crippen molar-refractivity contribution in [2.75, 3.05) is 7.11 Å². The Morgan fingerprint density at radius 3 is 2.75 bits per heavy atom. The van der Waals surface area contributed by atoms with Crippen molar-refractivity contribution in [2.24, 2.45) is 5.10 Å². The van der Waals surface area contributed by atoms with Gasteiger partial charge in [0.25, 0.3) is 11.6 Å². The molecule has 142 valence electrons. The van der Waals surface area contributed by atoms with Crippen LogP contribution in [0.5, 0.6) is 5.75 Å². The predicted octanol–water partition coefficient (Wildman–Crippen LogP) is 3.94. The van der Waals surface area contributed by atoms with E-state index < -0.39 is 10.8 Å². The number of carbonyl (C=O) groups is 1. The third kappa shape index (κ3) is 4.07. The quantitative estimate of drug-likeness (QED) is 0.397. The van der Waals surface area contributed by atoms with Crippen LogP contribution in [0.4, 0.5) is 5.69 Å². The lowest BCUT2D eigenvalue weighted by molar-refractivity contribution is -0.384. The van der Waals surface area contributed by atoms with Crippen LogP contribution in [0.2, 0.25) is 0 Å². The van der Waals surface area contributed by atoms with E-state index in [-0.39, 0.29) is 5.69 Å². The number of aryl methyl sites for hydroxylation is 1. The van der Waals surface area contributed by atoms with Gasteiger partial charge in [0, 0.05) is 6.07 Å². The number of furan rings is 1. The molecule has 8 nitrogen and oxygen atoms in total. The first kappa shape index (κ1) is 18.8. The number of methoxy groups -OCH3 is 1. The lowest BCUT2D eigenvalue weighted by Gasteiger charge is -2.05. The Morgan fingerprint density at radius 2 is 2.00 bits per heavy atom. The van der Waals surface area contributed by atoms with E-state index in [1.54, 1.807) is 55.5 Å². The van der Waals surface area contributed by atoms with Crippen LogP contribution in [-0.4, -0.2) is 24.2 Å². The summed E-state index contributed by atoms with van der Waals surface area (Å²) in [6.45, 7) is 1.78. The maximum absolute atomic E-state index is 12.2. The number of para-hydroxylation sites is 1. The number of nitrogens with zero attached hydrogens (tertiary/aromatic N) is 2.